The van der Waals surface area contributed by atoms with E-state index >= 15 is 0 Å². The largest absolute Gasteiger partial charge is 0.479 e. The third-order valence-electron chi connectivity index (χ3n) is 4.74. The summed E-state index contributed by atoms with van der Waals surface area (Å²) in [7, 11) is -3.63. The summed E-state index contributed by atoms with van der Waals surface area (Å²) in [5, 5.41) is 11.5. The summed E-state index contributed by atoms with van der Waals surface area (Å²) in [6, 6.07) is 15.6. The molecule has 3 rings (SSSR count). The highest BCUT2D eigenvalue weighted by molar-refractivity contribution is 7.90. The maximum atomic E-state index is 12.2. The second-order valence-electron chi connectivity index (χ2n) is 7.16. The summed E-state index contributed by atoms with van der Waals surface area (Å²) in [6.45, 7) is 1.15. The molecule has 1 aliphatic rings. The number of fused-ring (bicyclic) bond motifs is 3. The fraction of sp³-hybridized carbons (Fsp3) is 0.300. The summed E-state index contributed by atoms with van der Waals surface area (Å²) in [5.41, 5.74) is 2.21. The SMILES string of the molecule is CC(CS(C)(=O)=O)(NC(=O)OCC1c2ccccc2-c2ccccc21)C(=O)O. The number of rotatable bonds is 6. The van der Waals surface area contributed by atoms with Gasteiger partial charge in [0.25, 0.3) is 0 Å². The predicted molar refractivity (Wildman–Crippen MR) is 104 cm³/mol. The first-order chi connectivity index (χ1) is 13.1. The van der Waals surface area contributed by atoms with Gasteiger partial charge in [0.15, 0.2) is 5.54 Å². The molecule has 8 heteroatoms. The number of aliphatic carboxylic acids is 1. The first kappa shape index (κ1) is 19.9. The molecule has 28 heavy (non-hydrogen) atoms. The number of amides is 1. The van der Waals surface area contributed by atoms with E-state index in [9.17, 15) is 23.1 Å². The van der Waals surface area contributed by atoms with Crippen LogP contribution in [0, 0.1) is 0 Å². The molecule has 148 valence electrons. The zero-order chi connectivity index (χ0) is 20.5. The molecule has 7 nitrogen and oxygen atoms in total. The quantitative estimate of drug-likeness (QED) is 0.767. The Bertz CT molecular complexity index is 987. The normalized spacial score (nSPS) is 15.2. The Labute approximate surface area is 163 Å². The van der Waals surface area contributed by atoms with Crippen LogP contribution in [0.2, 0.25) is 0 Å². The Kier molecular flexibility index (Phi) is 5.16. The number of carbonyl (C=O) groups is 2. The highest BCUT2D eigenvalue weighted by atomic mass is 32.2. The van der Waals surface area contributed by atoms with Crippen molar-refractivity contribution < 1.29 is 27.9 Å². The van der Waals surface area contributed by atoms with E-state index in [1.54, 1.807) is 0 Å². The van der Waals surface area contributed by atoms with Crippen molar-refractivity contribution in [1.29, 1.82) is 0 Å². The summed E-state index contributed by atoms with van der Waals surface area (Å²) >= 11 is 0. The Hall–Kier alpha value is -2.87. The smallest absolute Gasteiger partial charge is 0.408 e. The minimum absolute atomic E-state index is 0.00837. The van der Waals surface area contributed by atoms with E-state index < -0.39 is 33.2 Å². The molecule has 1 unspecified atom stereocenters. The summed E-state index contributed by atoms with van der Waals surface area (Å²) in [6.07, 6.45) is -0.0662. The number of alkyl carbamates (subject to hydrolysis) is 1. The first-order valence-electron chi connectivity index (χ1n) is 8.65. The predicted octanol–water partition coefficient (Wildman–Crippen LogP) is 2.41. The number of carboxylic acids is 1. The maximum absolute atomic E-state index is 12.2. The van der Waals surface area contributed by atoms with Crippen molar-refractivity contribution in [3.8, 4) is 11.1 Å². The highest BCUT2D eigenvalue weighted by Gasteiger charge is 2.39. The van der Waals surface area contributed by atoms with Gasteiger partial charge in [-0.25, -0.2) is 18.0 Å². The maximum Gasteiger partial charge on any atom is 0.408 e. The third-order valence-corrected chi connectivity index (χ3v) is 5.85. The lowest BCUT2D eigenvalue weighted by Crippen LogP contribution is -2.56. The minimum atomic E-state index is -3.63. The van der Waals surface area contributed by atoms with E-state index in [0.29, 0.717) is 0 Å². The number of ether oxygens (including phenoxy) is 1. The van der Waals surface area contributed by atoms with Gasteiger partial charge in [0, 0.05) is 12.2 Å². The number of carbonyl (C=O) groups excluding carboxylic acids is 1. The number of nitrogens with one attached hydrogen (secondary N) is 1. The van der Waals surface area contributed by atoms with E-state index in [-0.39, 0.29) is 12.5 Å². The van der Waals surface area contributed by atoms with Crippen molar-refractivity contribution in [3.05, 3.63) is 59.7 Å². The Morgan fingerprint density at radius 1 is 1.07 bits per heavy atom. The number of carboxylic acid groups (broad SMARTS) is 1. The molecule has 2 aromatic carbocycles. The van der Waals surface area contributed by atoms with E-state index in [4.69, 9.17) is 4.74 Å². The monoisotopic (exact) mass is 403 g/mol. The van der Waals surface area contributed by atoms with Crippen molar-refractivity contribution in [2.75, 3.05) is 18.6 Å². The van der Waals surface area contributed by atoms with E-state index in [1.165, 1.54) is 0 Å². The van der Waals surface area contributed by atoms with Gasteiger partial charge in [-0.15, -0.1) is 0 Å². The van der Waals surface area contributed by atoms with Gasteiger partial charge in [0.05, 0.1) is 5.75 Å². The molecule has 2 N–H and O–H groups in total. The molecule has 0 aromatic heterocycles. The molecule has 1 amide bonds. The molecular formula is C20H21NO6S. The van der Waals surface area contributed by atoms with Crippen LogP contribution in [-0.4, -0.2) is 49.7 Å². The topological polar surface area (TPSA) is 110 Å². The van der Waals surface area contributed by atoms with Crippen LogP contribution in [0.3, 0.4) is 0 Å². The lowest BCUT2D eigenvalue weighted by Gasteiger charge is -2.25. The van der Waals surface area contributed by atoms with Gasteiger partial charge >= 0.3 is 12.1 Å². The molecule has 0 saturated heterocycles. The molecule has 0 radical (unpaired) electrons. The first-order valence-corrected chi connectivity index (χ1v) is 10.7. The van der Waals surface area contributed by atoms with Crippen LogP contribution in [0.1, 0.15) is 24.0 Å². The average Bonchev–Trinajstić information content (AvgIpc) is 2.92. The number of hydrogen-bond acceptors (Lipinski definition) is 5. The van der Waals surface area contributed by atoms with Crippen LogP contribution >= 0.6 is 0 Å². The van der Waals surface area contributed by atoms with Gasteiger partial charge in [0.2, 0.25) is 0 Å². The fourth-order valence-electron chi connectivity index (χ4n) is 3.54. The Balaban J connectivity index is 1.75. The van der Waals surface area contributed by atoms with Gasteiger partial charge in [-0.05, 0) is 29.2 Å². The second-order valence-corrected chi connectivity index (χ2v) is 9.30. The zero-order valence-electron chi connectivity index (χ0n) is 15.5. The minimum Gasteiger partial charge on any atom is -0.479 e. The van der Waals surface area contributed by atoms with Crippen molar-refractivity contribution >= 4 is 21.9 Å². The van der Waals surface area contributed by atoms with Crippen molar-refractivity contribution in [2.45, 2.75) is 18.4 Å². The second kappa shape index (κ2) is 7.27. The number of benzene rings is 2. The third kappa shape index (κ3) is 4.01. The molecule has 0 bridgehead atoms. The molecule has 0 saturated carbocycles. The zero-order valence-corrected chi connectivity index (χ0v) is 16.3. The van der Waals surface area contributed by atoms with Crippen molar-refractivity contribution in [1.82, 2.24) is 5.32 Å². The van der Waals surface area contributed by atoms with E-state index in [1.807, 2.05) is 48.5 Å². The van der Waals surface area contributed by atoms with Gasteiger partial charge < -0.3 is 15.2 Å². The molecular weight excluding hydrogens is 382 g/mol. The average molecular weight is 403 g/mol. The van der Waals surface area contributed by atoms with E-state index in [2.05, 4.69) is 5.32 Å². The molecule has 1 aliphatic carbocycles. The Morgan fingerprint density at radius 2 is 1.57 bits per heavy atom. The van der Waals surface area contributed by atoms with Crippen molar-refractivity contribution in [2.24, 2.45) is 0 Å². The van der Waals surface area contributed by atoms with Gasteiger partial charge in [-0.1, -0.05) is 48.5 Å². The van der Waals surface area contributed by atoms with Crippen LogP contribution in [0.5, 0.6) is 0 Å². The Morgan fingerprint density at radius 3 is 2.04 bits per heavy atom. The van der Waals surface area contributed by atoms with E-state index in [0.717, 1.165) is 35.4 Å². The molecule has 0 aliphatic heterocycles. The van der Waals surface area contributed by atoms with Crippen LogP contribution in [0.15, 0.2) is 48.5 Å². The summed E-state index contributed by atoms with van der Waals surface area (Å²) in [4.78, 5) is 23.7. The molecule has 2 aromatic rings. The van der Waals surface area contributed by atoms with Crippen LogP contribution < -0.4 is 5.32 Å². The van der Waals surface area contributed by atoms with Gasteiger partial charge in [0.1, 0.15) is 16.4 Å². The molecule has 0 heterocycles. The molecule has 1 atom stereocenters. The molecule has 0 spiro atoms. The lowest BCUT2D eigenvalue weighted by atomic mass is 9.98. The van der Waals surface area contributed by atoms with Crippen LogP contribution in [0.25, 0.3) is 11.1 Å². The fourth-order valence-corrected chi connectivity index (χ4v) is 4.78. The number of sulfone groups is 1. The van der Waals surface area contributed by atoms with Gasteiger partial charge in [-0.2, -0.15) is 0 Å². The lowest BCUT2D eigenvalue weighted by molar-refractivity contribution is -0.143. The molecule has 0 fully saturated rings. The highest BCUT2D eigenvalue weighted by Crippen LogP contribution is 2.44. The number of hydrogen-bond donors (Lipinski definition) is 2. The summed E-state index contributed by atoms with van der Waals surface area (Å²) < 4.78 is 28.3. The van der Waals surface area contributed by atoms with Crippen LogP contribution in [-0.2, 0) is 19.4 Å². The summed E-state index contributed by atoms with van der Waals surface area (Å²) in [5.74, 6) is -2.37. The van der Waals surface area contributed by atoms with Crippen LogP contribution in [0.4, 0.5) is 4.79 Å². The van der Waals surface area contributed by atoms with Gasteiger partial charge in [-0.3, -0.25) is 0 Å². The van der Waals surface area contributed by atoms with Crippen molar-refractivity contribution in [3.63, 3.8) is 0 Å². The standard InChI is InChI=1S/C20H21NO6S/c1-20(18(22)23,12-28(2,25)26)21-19(24)27-11-17-15-9-5-3-7-13(15)14-8-4-6-10-16(14)17/h3-10,17H,11-12H2,1-2H3,(H,21,24)(H,22,23).